The molecule has 1 fully saturated rings. The van der Waals surface area contributed by atoms with Crippen molar-refractivity contribution in [3.8, 4) is 5.88 Å². The highest BCUT2D eigenvalue weighted by atomic mass is 16.5. The van der Waals surface area contributed by atoms with E-state index in [2.05, 4.69) is 29.1 Å². The van der Waals surface area contributed by atoms with Gasteiger partial charge in [-0.15, -0.1) is 0 Å². The first kappa shape index (κ1) is 16.0. The zero-order valence-corrected chi connectivity index (χ0v) is 13.4. The average Bonchev–Trinajstić information content (AvgIpc) is 2.47. The van der Waals surface area contributed by atoms with Gasteiger partial charge in [0.1, 0.15) is 0 Å². The van der Waals surface area contributed by atoms with Gasteiger partial charge in [0.15, 0.2) is 0 Å². The van der Waals surface area contributed by atoms with Crippen LogP contribution < -0.4 is 10.1 Å². The first-order valence-corrected chi connectivity index (χ1v) is 7.94. The maximum atomic E-state index is 9.82. The van der Waals surface area contributed by atoms with Crippen LogP contribution >= 0.6 is 0 Å². The van der Waals surface area contributed by atoms with Gasteiger partial charge in [0.2, 0.25) is 11.8 Å². The molecule has 1 heterocycles. The summed E-state index contributed by atoms with van der Waals surface area (Å²) in [4.78, 5) is 8.86. The van der Waals surface area contributed by atoms with Crippen molar-refractivity contribution in [1.82, 2.24) is 9.97 Å². The van der Waals surface area contributed by atoms with Crippen LogP contribution in [0.5, 0.6) is 5.88 Å². The molecule has 0 bridgehead atoms. The van der Waals surface area contributed by atoms with Crippen molar-refractivity contribution in [2.24, 2.45) is 5.92 Å². The molecule has 1 aliphatic carbocycles. The third-order valence-electron chi connectivity index (χ3n) is 4.20. The van der Waals surface area contributed by atoms with Gasteiger partial charge in [-0.05, 0) is 44.9 Å². The normalized spacial score (nSPS) is 25.6. The fourth-order valence-corrected chi connectivity index (χ4v) is 2.75. The number of anilines is 1. The van der Waals surface area contributed by atoms with Gasteiger partial charge < -0.3 is 15.2 Å². The van der Waals surface area contributed by atoms with Crippen molar-refractivity contribution in [1.29, 1.82) is 0 Å². The summed E-state index contributed by atoms with van der Waals surface area (Å²) in [6, 6.07) is 1.84. The second-order valence-corrected chi connectivity index (χ2v) is 6.27. The van der Waals surface area contributed by atoms with Crippen molar-refractivity contribution >= 4 is 5.95 Å². The van der Waals surface area contributed by atoms with E-state index < -0.39 is 0 Å². The lowest BCUT2D eigenvalue weighted by Gasteiger charge is -2.38. The molecule has 0 unspecified atom stereocenters. The Morgan fingerprint density at radius 3 is 2.71 bits per heavy atom. The van der Waals surface area contributed by atoms with Crippen LogP contribution in [0.2, 0.25) is 0 Å². The van der Waals surface area contributed by atoms with E-state index in [4.69, 9.17) is 4.74 Å². The highest BCUT2D eigenvalue weighted by molar-refractivity contribution is 5.34. The Hall–Kier alpha value is -1.36. The lowest BCUT2D eigenvalue weighted by atomic mass is 9.77. The van der Waals surface area contributed by atoms with Crippen LogP contribution in [0, 0.1) is 12.8 Å². The van der Waals surface area contributed by atoms with Gasteiger partial charge in [0.05, 0.1) is 18.8 Å². The maximum absolute atomic E-state index is 9.82. The number of ether oxygens (including phenoxy) is 1. The minimum Gasteiger partial charge on any atom is -0.478 e. The number of hydrogen-bond acceptors (Lipinski definition) is 5. The third-order valence-corrected chi connectivity index (χ3v) is 4.20. The van der Waals surface area contributed by atoms with E-state index in [1.54, 1.807) is 0 Å². The molecule has 1 aliphatic rings. The minimum atomic E-state index is -0.289. The molecule has 0 saturated heterocycles. The topological polar surface area (TPSA) is 67.3 Å². The highest BCUT2D eigenvalue weighted by Crippen LogP contribution is 2.34. The van der Waals surface area contributed by atoms with Crippen LogP contribution in [0.1, 0.15) is 51.6 Å². The van der Waals surface area contributed by atoms with E-state index in [9.17, 15) is 5.11 Å². The quantitative estimate of drug-likeness (QED) is 0.844. The van der Waals surface area contributed by atoms with Gasteiger partial charge in [-0.3, -0.25) is 0 Å². The Labute approximate surface area is 127 Å². The molecule has 0 aromatic carbocycles. The Kier molecular flexibility index (Phi) is 5.39. The predicted molar refractivity (Wildman–Crippen MR) is 83.6 cm³/mol. The number of rotatable bonds is 6. The third kappa shape index (κ3) is 4.30. The van der Waals surface area contributed by atoms with Crippen LogP contribution in [0.4, 0.5) is 5.95 Å². The molecule has 1 saturated carbocycles. The first-order valence-electron chi connectivity index (χ1n) is 7.94. The van der Waals surface area contributed by atoms with Gasteiger partial charge in [-0.2, -0.15) is 4.98 Å². The van der Waals surface area contributed by atoms with Gasteiger partial charge in [-0.1, -0.05) is 13.8 Å². The minimum absolute atomic E-state index is 0.113. The van der Waals surface area contributed by atoms with Crippen LogP contribution in [-0.2, 0) is 0 Å². The Bertz CT molecular complexity index is 457. The summed E-state index contributed by atoms with van der Waals surface area (Å²) < 4.78 is 5.60. The maximum Gasteiger partial charge on any atom is 0.226 e. The first-order chi connectivity index (χ1) is 10.1. The molecule has 5 heteroatoms. The summed E-state index contributed by atoms with van der Waals surface area (Å²) in [5, 5.41) is 13.2. The smallest absolute Gasteiger partial charge is 0.226 e. The molecule has 118 valence electrons. The molecule has 2 N–H and O–H groups in total. The van der Waals surface area contributed by atoms with Crippen LogP contribution in [-0.4, -0.2) is 33.8 Å². The monoisotopic (exact) mass is 293 g/mol. The van der Waals surface area contributed by atoms with Crippen LogP contribution in [0.3, 0.4) is 0 Å². The summed E-state index contributed by atoms with van der Waals surface area (Å²) in [5.74, 6) is 1.89. The van der Waals surface area contributed by atoms with Gasteiger partial charge in [0.25, 0.3) is 0 Å². The number of aryl methyl sites for hydroxylation is 1. The van der Waals surface area contributed by atoms with Gasteiger partial charge >= 0.3 is 0 Å². The van der Waals surface area contributed by atoms with Gasteiger partial charge in [0, 0.05) is 11.8 Å². The fraction of sp³-hybridized carbons (Fsp3) is 0.750. The average molecular weight is 293 g/mol. The predicted octanol–water partition coefficient (Wildman–Crippen LogP) is 2.93. The van der Waals surface area contributed by atoms with Gasteiger partial charge in [-0.25, -0.2) is 4.98 Å². The zero-order valence-electron chi connectivity index (χ0n) is 13.4. The van der Waals surface area contributed by atoms with Crippen molar-refractivity contribution in [3.63, 3.8) is 0 Å². The molecule has 1 aromatic heterocycles. The number of nitrogens with one attached hydrogen (secondary N) is 1. The SMILES string of the molecule is CCCOc1cc(C)nc(NC2(CO)CCC(C)CC2)n1. The second-order valence-electron chi connectivity index (χ2n) is 6.27. The lowest BCUT2D eigenvalue weighted by molar-refractivity contribution is 0.154. The standard InChI is InChI=1S/C16H27N3O2/c1-4-9-21-14-10-13(3)17-15(18-14)19-16(11-20)7-5-12(2)6-8-16/h10,12,20H,4-9,11H2,1-3H3,(H,17,18,19). The summed E-state index contributed by atoms with van der Waals surface area (Å²) >= 11 is 0. The molecular formula is C16H27N3O2. The number of aliphatic hydroxyl groups excluding tert-OH is 1. The number of aromatic nitrogens is 2. The lowest BCUT2D eigenvalue weighted by Crippen LogP contribution is -2.45. The molecule has 0 amide bonds. The molecule has 1 aromatic rings. The Morgan fingerprint density at radius 1 is 1.38 bits per heavy atom. The molecule has 21 heavy (non-hydrogen) atoms. The summed E-state index contributed by atoms with van der Waals surface area (Å²) in [5.41, 5.74) is 0.582. The van der Waals surface area contributed by atoms with E-state index in [1.165, 1.54) is 0 Å². The molecule has 0 atom stereocenters. The molecule has 2 rings (SSSR count). The van der Waals surface area contributed by atoms with E-state index in [0.717, 1.165) is 43.7 Å². The largest absolute Gasteiger partial charge is 0.478 e. The summed E-state index contributed by atoms with van der Waals surface area (Å²) in [6.45, 7) is 7.03. The van der Waals surface area contributed by atoms with E-state index in [0.29, 0.717) is 18.4 Å². The summed E-state index contributed by atoms with van der Waals surface area (Å²) in [7, 11) is 0. The second kappa shape index (κ2) is 7.07. The summed E-state index contributed by atoms with van der Waals surface area (Å²) in [6.07, 6.45) is 5.10. The van der Waals surface area contributed by atoms with Crippen molar-refractivity contribution in [3.05, 3.63) is 11.8 Å². The molecule has 5 nitrogen and oxygen atoms in total. The van der Waals surface area contributed by atoms with E-state index in [-0.39, 0.29) is 12.1 Å². The van der Waals surface area contributed by atoms with Crippen molar-refractivity contribution in [2.45, 2.75) is 58.4 Å². The van der Waals surface area contributed by atoms with Crippen LogP contribution in [0.25, 0.3) is 0 Å². The Balaban J connectivity index is 2.11. The molecule has 0 spiro atoms. The number of hydrogen-bond donors (Lipinski definition) is 2. The fourth-order valence-electron chi connectivity index (χ4n) is 2.75. The number of aliphatic hydroxyl groups is 1. The zero-order chi connectivity index (χ0) is 15.3. The molecule has 0 radical (unpaired) electrons. The molecule has 0 aliphatic heterocycles. The van der Waals surface area contributed by atoms with Crippen molar-refractivity contribution < 1.29 is 9.84 Å². The van der Waals surface area contributed by atoms with Crippen LogP contribution in [0.15, 0.2) is 6.07 Å². The Morgan fingerprint density at radius 2 is 2.10 bits per heavy atom. The highest BCUT2D eigenvalue weighted by Gasteiger charge is 2.34. The van der Waals surface area contributed by atoms with E-state index >= 15 is 0 Å². The van der Waals surface area contributed by atoms with E-state index in [1.807, 2.05) is 13.0 Å². The molecular weight excluding hydrogens is 266 g/mol. The van der Waals surface area contributed by atoms with Crippen molar-refractivity contribution in [2.75, 3.05) is 18.5 Å². The number of nitrogens with zero attached hydrogens (tertiary/aromatic N) is 2.